The zero-order valence-electron chi connectivity index (χ0n) is 16.6. The first-order chi connectivity index (χ1) is 13.6. The highest BCUT2D eigenvalue weighted by molar-refractivity contribution is 7.99. The van der Waals surface area contributed by atoms with Gasteiger partial charge in [0, 0.05) is 24.1 Å². The van der Waals surface area contributed by atoms with Crippen LogP contribution in [-0.2, 0) is 5.41 Å². The number of benzene rings is 1. The molecule has 4 fully saturated rings. The van der Waals surface area contributed by atoms with Crippen LogP contribution < -0.4 is 5.32 Å². The standard InChI is InChI=1S/C23H29N3OS/c1-15(6-7-28-22-26-25-16(2)27-22)24-21-5-3-4-20(11-21)23-12-17-8-18(13-23)10-19(9-17)14-23/h3-5,11,17-19,24H,1,6-10,12-14H2,2H3. The Hall–Kier alpha value is -1.75. The van der Waals surface area contributed by atoms with E-state index in [0.717, 1.165) is 35.6 Å². The van der Waals surface area contributed by atoms with E-state index in [4.69, 9.17) is 4.42 Å². The van der Waals surface area contributed by atoms with E-state index in [1.807, 2.05) is 6.92 Å². The van der Waals surface area contributed by atoms with E-state index >= 15 is 0 Å². The van der Waals surface area contributed by atoms with Gasteiger partial charge in [0.2, 0.25) is 5.89 Å². The van der Waals surface area contributed by atoms with E-state index in [1.165, 1.54) is 44.2 Å². The van der Waals surface area contributed by atoms with Crippen molar-refractivity contribution in [2.75, 3.05) is 11.1 Å². The molecule has 0 unspecified atom stereocenters. The summed E-state index contributed by atoms with van der Waals surface area (Å²) in [6.07, 6.45) is 9.56. The third-order valence-corrected chi connectivity index (χ3v) is 7.79. The highest BCUT2D eigenvalue weighted by Gasteiger charge is 2.51. The molecule has 0 radical (unpaired) electrons. The summed E-state index contributed by atoms with van der Waals surface area (Å²) in [5.41, 5.74) is 4.21. The number of aromatic nitrogens is 2. The van der Waals surface area contributed by atoms with Crippen LogP contribution in [0.2, 0.25) is 0 Å². The van der Waals surface area contributed by atoms with Crippen molar-refractivity contribution >= 4 is 17.4 Å². The number of nitrogens with one attached hydrogen (secondary N) is 1. The molecule has 148 valence electrons. The number of hydrogen-bond donors (Lipinski definition) is 1. The van der Waals surface area contributed by atoms with Gasteiger partial charge in [0.15, 0.2) is 0 Å². The predicted molar refractivity (Wildman–Crippen MR) is 113 cm³/mol. The summed E-state index contributed by atoms with van der Waals surface area (Å²) in [6.45, 7) is 6.03. The van der Waals surface area contributed by atoms with E-state index in [-0.39, 0.29) is 0 Å². The lowest BCUT2D eigenvalue weighted by Crippen LogP contribution is -2.48. The SMILES string of the molecule is C=C(CCSc1nnc(C)o1)Nc1cccc(C23CC4CC(CC(C4)C2)C3)c1. The molecule has 0 amide bonds. The van der Waals surface area contributed by atoms with E-state index < -0.39 is 0 Å². The van der Waals surface area contributed by atoms with Gasteiger partial charge in [-0.1, -0.05) is 30.5 Å². The first-order valence-corrected chi connectivity index (χ1v) is 11.5. The van der Waals surface area contributed by atoms with Gasteiger partial charge >= 0.3 is 0 Å². The molecule has 4 aliphatic rings. The summed E-state index contributed by atoms with van der Waals surface area (Å²) in [5.74, 6) is 4.41. The third kappa shape index (κ3) is 3.61. The van der Waals surface area contributed by atoms with Crippen molar-refractivity contribution in [3.8, 4) is 0 Å². The Morgan fingerprint density at radius 1 is 1.18 bits per heavy atom. The van der Waals surface area contributed by atoms with Crippen LogP contribution in [0.15, 0.2) is 46.2 Å². The lowest BCUT2D eigenvalue weighted by Gasteiger charge is -2.57. The van der Waals surface area contributed by atoms with Gasteiger partial charge in [-0.05, 0) is 85.8 Å². The molecule has 1 heterocycles. The van der Waals surface area contributed by atoms with Gasteiger partial charge in [0.05, 0.1) is 0 Å². The Morgan fingerprint density at radius 2 is 1.89 bits per heavy atom. The molecule has 4 aliphatic carbocycles. The van der Waals surface area contributed by atoms with E-state index in [2.05, 4.69) is 46.4 Å². The first-order valence-electron chi connectivity index (χ1n) is 10.6. The van der Waals surface area contributed by atoms with Gasteiger partial charge in [-0.3, -0.25) is 0 Å². The van der Waals surface area contributed by atoms with Crippen molar-refractivity contribution in [2.24, 2.45) is 17.8 Å². The zero-order chi connectivity index (χ0) is 19.1. The normalized spacial score (nSPS) is 30.5. The number of rotatable bonds is 7. The van der Waals surface area contributed by atoms with Crippen LogP contribution in [0.25, 0.3) is 0 Å². The smallest absolute Gasteiger partial charge is 0.276 e. The van der Waals surface area contributed by atoms with Gasteiger partial charge in [-0.25, -0.2) is 0 Å². The minimum absolute atomic E-state index is 0.444. The lowest BCUT2D eigenvalue weighted by molar-refractivity contribution is -0.00516. The zero-order valence-corrected chi connectivity index (χ0v) is 17.4. The Labute approximate surface area is 171 Å². The molecule has 0 spiro atoms. The lowest BCUT2D eigenvalue weighted by atomic mass is 9.48. The second kappa shape index (κ2) is 7.25. The average Bonchev–Trinajstić information content (AvgIpc) is 3.06. The predicted octanol–water partition coefficient (Wildman–Crippen LogP) is 5.95. The summed E-state index contributed by atoms with van der Waals surface area (Å²) in [6, 6.07) is 9.16. The number of aryl methyl sites for hydroxylation is 1. The fourth-order valence-electron chi connectivity index (χ4n) is 6.26. The molecule has 28 heavy (non-hydrogen) atoms. The number of nitrogens with zero attached hydrogens (tertiary/aromatic N) is 2. The highest BCUT2D eigenvalue weighted by Crippen LogP contribution is 2.60. The van der Waals surface area contributed by atoms with Crippen LogP contribution in [-0.4, -0.2) is 16.0 Å². The number of anilines is 1. The van der Waals surface area contributed by atoms with Crippen molar-refractivity contribution in [3.05, 3.63) is 48.0 Å². The van der Waals surface area contributed by atoms with Crippen LogP contribution in [0.4, 0.5) is 5.69 Å². The molecule has 1 N–H and O–H groups in total. The van der Waals surface area contributed by atoms with Crippen molar-refractivity contribution in [2.45, 2.75) is 62.5 Å². The Balaban J connectivity index is 1.22. The fraction of sp³-hybridized carbons (Fsp3) is 0.565. The van der Waals surface area contributed by atoms with Crippen molar-refractivity contribution in [3.63, 3.8) is 0 Å². The molecule has 1 aromatic carbocycles. The third-order valence-electron chi connectivity index (χ3n) is 6.97. The number of hydrogen-bond acceptors (Lipinski definition) is 5. The monoisotopic (exact) mass is 395 g/mol. The molecule has 0 atom stereocenters. The van der Waals surface area contributed by atoms with Gasteiger partial charge in [0.1, 0.15) is 0 Å². The second-order valence-electron chi connectivity index (χ2n) is 9.19. The van der Waals surface area contributed by atoms with Crippen molar-refractivity contribution in [1.29, 1.82) is 0 Å². The maximum atomic E-state index is 5.41. The summed E-state index contributed by atoms with van der Waals surface area (Å²) in [5, 5.41) is 12.1. The fourth-order valence-corrected chi connectivity index (χ4v) is 7.06. The number of thioether (sulfide) groups is 1. The average molecular weight is 396 g/mol. The molecule has 0 saturated heterocycles. The summed E-state index contributed by atoms with van der Waals surface area (Å²) >= 11 is 1.58. The largest absolute Gasteiger partial charge is 0.416 e. The quantitative estimate of drug-likeness (QED) is 0.587. The Bertz CT molecular complexity index is 839. The van der Waals surface area contributed by atoms with Crippen molar-refractivity contribution in [1.82, 2.24) is 10.2 Å². The van der Waals surface area contributed by atoms with Gasteiger partial charge in [0.25, 0.3) is 5.22 Å². The minimum atomic E-state index is 0.444. The first kappa shape index (κ1) is 18.3. The molecule has 0 aliphatic heterocycles. The Morgan fingerprint density at radius 3 is 2.54 bits per heavy atom. The van der Waals surface area contributed by atoms with E-state index in [9.17, 15) is 0 Å². The van der Waals surface area contributed by atoms with E-state index in [0.29, 0.717) is 16.5 Å². The van der Waals surface area contributed by atoms with Crippen LogP contribution in [0.3, 0.4) is 0 Å². The highest BCUT2D eigenvalue weighted by atomic mass is 32.2. The molecular formula is C23H29N3OS. The van der Waals surface area contributed by atoms with Crippen LogP contribution >= 0.6 is 11.8 Å². The van der Waals surface area contributed by atoms with E-state index in [1.54, 1.807) is 17.3 Å². The Kier molecular flexibility index (Phi) is 4.74. The minimum Gasteiger partial charge on any atom is -0.416 e. The van der Waals surface area contributed by atoms with Crippen LogP contribution in [0.5, 0.6) is 0 Å². The molecular weight excluding hydrogens is 366 g/mol. The maximum absolute atomic E-state index is 5.41. The molecule has 2 aromatic rings. The molecule has 4 saturated carbocycles. The molecule has 6 rings (SSSR count). The van der Waals surface area contributed by atoms with Crippen molar-refractivity contribution < 1.29 is 4.42 Å². The maximum Gasteiger partial charge on any atom is 0.276 e. The summed E-state index contributed by atoms with van der Waals surface area (Å²) < 4.78 is 5.41. The second-order valence-corrected chi connectivity index (χ2v) is 10.2. The number of allylic oxidation sites excluding steroid dienone is 1. The summed E-state index contributed by atoms with van der Waals surface area (Å²) in [4.78, 5) is 0. The molecule has 4 nitrogen and oxygen atoms in total. The topological polar surface area (TPSA) is 51.0 Å². The van der Waals surface area contributed by atoms with Crippen LogP contribution in [0, 0.1) is 24.7 Å². The molecule has 1 aromatic heterocycles. The molecule has 5 heteroatoms. The van der Waals surface area contributed by atoms with Gasteiger partial charge in [-0.15, -0.1) is 10.2 Å². The van der Waals surface area contributed by atoms with Gasteiger partial charge < -0.3 is 9.73 Å². The summed E-state index contributed by atoms with van der Waals surface area (Å²) in [7, 11) is 0. The van der Waals surface area contributed by atoms with Crippen LogP contribution in [0.1, 0.15) is 56.4 Å². The van der Waals surface area contributed by atoms with Gasteiger partial charge in [-0.2, -0.15) is 0 Å². The molecule has 4 bridgehead atoms.